The van der Waals surface area contributed by atoms with Crippen molar-refractivity contribution in [2.75, 3.05) is 25.4 Å². The monoisotopic (exact) mass is 224 g/mol. The van der Waals surface area contributed by atoms with Crippen LogP contribution >= 0.6 is 0 Å². The molecule has 90 valence electrons. The molecule has 1 aromatic rings. The average molecular weight is 224 g/mol. The van der Waals surface area contributed by atoms with Gasteiger partial charge in [0.05, 0.1) is 24.0 Å². The number of nitrogens with zero attached hydrogens (tertiary/aromatic N) is 3. The summed E-state index contributed by atoms with van der Waals surface area (Å²) in [6.45, 7) is 5.67. The maximum Gasteiger partial charge on any atom is 0.0719 e. The summed E-state index contributed by atoms with van der Waals surface area (Å²) in [7, 11) is 0. The SMILES string of the molecule is CC1(O)CCN(CCn2cc(N)cn2)CC1. The van der Waals surface area contributed by atoms with Crippen LogP contribution in [0.2, 0.25) is 0 Å². The van der Waals surface area contributed by atoms with Crippen LogP contribution < -0.4 is 5.73 Å². The molecule has 1 fully saturated rings. The second-order valence-electron chi connectivity index (χ2n) is 4.88. The number of aromatic nitrogens is 2. The molecule has 1 aliphatic heterocycles. The summed E-state index contributed by atoms with van der Waals surface area (Å²) in [6.07, 6.45) is 5.23. The highest BCUT2D eigenvalue weighted by molar-refractivity contribution is 5.30. The number of hydrogen-bond acceptors (Lipinski definition) is 4. The first-order valence-electron chi connectivity index (χ1n) is 5.78. The zero-order valence-electron chi connectivity index (χ0n) is 9.76. The third-order valence-electron chi connectivity index (χ3n) is 3.23. The molecule has 0 saturated carbocycles. The van der Waals surface area contributed by atoms with Crippen LogP contribution in [0, 0.1) is 0 Å². The van der Waals surface area contributed by atoms with E-state index < -0.39 is 5.60 Å². The lowest BCUT2D eigenvalue weighted by atomic mass is 9.94. The molecule has 0 spiro atoms. The van der Waals surface area contributed by atoms with Crippen LogP contribution in [0.1, 0.15) is 19.8 Å². The van der Waals surface area contributed by atoms with Gasteiger partial charge in [-0.3, -0.25) is 4.68 Å². The van der Waals surface area contributed by atoms with Gasteiger partial charge in [0.25, 0.3) is 0 Å². The van der Waals surface area contributed by atoms with Crippen molar-refractivity contribution >= 4 is 5.69 Å². The molecule has 1 aromatic heterocycles. The van der Waals surface area contributed by atoms with Gasteiger partial charge in [-0.15, -0.1) is 0 Å². The molecular formula is C11H20N4O. The molecule has 0 bridgehead atoms. The number of hydrogen-bond donors (Lipinski definition) is 2. The van der Waals surface area contributed by atoms with Gasteiger partial charge >= 0.3 is 0 Å². The Labute approximate surface area is 95.8 Å². The number of nitrogen functional groups attached to an aromatic ring is 1. The van der Waals surface area contributed by atoms with Crippen molar-refractivity contribution in [3.05, 3.63) is 12.4 Å². The molecule has 0 unspecified atom stereocenters. The first-order chi connectivity index (χ1) is 7.55. The van der Waals surface area contributed by atoms with Gasteiger partial charge in [-0.2, -0.15) is 5.10 Å². The maximum atomic E-state index is 9.82. The molecule has 1 saturated heterocycles. The second kappa shape index (κ2) is 4.43. The van der Waals surface area contributed by atoms with Crippen molar-refractivity contribution < 1.29 is 5.11 Å². The van der Waals surface area contributed by atoms with E-state index in [2.05, 4.69) is 10.00 Å². The summed E-state index contributed by atoms with van der Waals surface area (Å²) in [4.78, 5) is 2.36. The number of rotatable bonds is 3. The minimum Gasteiger partial charge on any atom is -0.396 e. The molecule has 0 atom stereocenters. The second-order valence-corrected chi connectivity index (χ2v) is 4.88. The third kappa shape index (κ3) is 2.96. The fourth-order valence-corrected chi connectivity index (χ4v) is 2.00. The summed E-state index contributed by atoms with van der Waals surface area (Å²) >= 11 is 0. The van der Waals surface area contributed by atoms with Gasteiger partial charge in [-0.05, 0) is 19.8 Å². The van der Waals surface area contributed by atoms with Crippen LogP contribution in [-0.4, -0.2) is 45.0 Å². The van der Waals surface area contributed by atoms with Crippen LogP contribution in [0.5, 0.6) is 0 Å². The van der Waals surface area contributed by atoms with E-state index in [-0.39, 0.29) is 0 Å². The van der Waals surface area contributed by atoms with E-state index in [1.807, 2.05) is 17.8 Å². The molecule has 0 aliphatic carbocycles. The zero-order chi connectivity index (χ0) is 11.6. The lowest BCUT2D eigenvalue weighted by molar-refractivity contribution is -0.00607. The molecule has 1 aliphatic rings. The van der Waals surface area contributed by atoms with Crippen molar-refractivity contribution in [3.8, 4) is 0 Å². The van der Waals surface area contributed by atoms with Gasteiger partial charge < -0.3 is 15.7 Å². The summed E-state index contributed by atoms with van der Waals surface area (Å²) in [6, 6.07) is 0. The first kappa shape index (κ1) is 11.4. The normalized spacial score (nSPS) is 21.1. The Kier molecular flexibility index (Phi) is 3.16. The van der Waals surface area contributed by atoms with Crippen molar-refractivity contribution in [2.45, 2.75) is 31.9 Å². The highest BCUT2D eigenvalue weighted by Crippen LogP contribution is 2.20. The van der Waals surface area contributed by atoms with Gasteiger partial charge in [0.2, 0.25) is 0 Å². The van der Waals surface area contributed by atoms with E-state index in [1.54, 1.807) is 6.20 Å². The molecule has 2 heterocycles. The summed E-state index contributed by atoms with van der Waals surface area (Å²) in [5, 5.41) is 14.0. The number of piperidine rings is 1. The van der Waals surface area contributed by atoms with Crippen LogP contribution in [0.25, 0.3) is 0 Å². The Hall–Kier alpha value is -1.07. The Balaban J connectivity index is 1.75. The third-order valence-corrected chi connectivity index (χ3v) is 3.23. The van der Waals surface area contributed by atoms with Crippen LogP contribution in [0.4, 0.5) is 5.69 Å². The van der Waals surface area contributed by atoms with E-state index in [4.69, 9.17) is 5.73 Å². The highest BCUT2D eigenvalue weighted by Gasteiger charge is 2.26. The standard InChI is InChI=1S/C11H20N4O/c1-11(16)2-4-14(5-3-11)6-7-15-9-10(12)8-13-15/h8-9,16H,2-7,12H2,1H3. The molecule has 0 aromatic carbocycles. The number of anilines is 1. The Morgan fingerprint density at radius 3 is 2.69 bits per heavy atom. The fourth-order valence-electron chi connectivity index (χ4n) is 2.00. The average Bonchev–Trinajstić information content (AvgIpc) is 2.63. The Bertz CT molecular complexity index is 338. The minimum absolute atomic E-state index is 0.466. The summed E-state index contributed by atoms with van der Waals surface area (Å²) in [5.74, 6) is 0. The van der Waals surface area contributed by atoms with E-state index in [9.17, 15) is 5.11 Å². The molecule has 3 N–H and O–H groups in total. The van der Waals surface area contributed by atoms with Crippen molar-refractivity contribution in [3.63, 3.8) is 0 Å². The molecule has 5 heteroatoms. The van der Waals surface area contributed by atoms with E-state index in [0.29, 0.717) is 5.69 Å². The van der Waals surface area contributed by atoms with E-state index in [0.717, 1.165) is 39.0 Å². The van der Waals surface area contributed by atoms with Gasteiger partial charge in [0.1, 0.15) is 0 Å². The Morgan fingerprint density at radius 2 is 2.12 bits per heavy atom. The topological polar surface area (TPSA) is 67.3 Å². The molecular weight excluding hydrogens is 204 g/mol. The minimum atomic E-state index is -0.466. The number of aliphatic hydroxyl groups is 1. The number of nitrogens with two attached hydrogens (primary N) is 1. The van der Waals surface area contributed by atoms with Crippen molar-refractivity contribution in [1.29, 1.82) is 0 Å². The molecule has 0 radical (unpaired) electrons. The lowest BCUT2D eigenvalue weighted by Crippen LogP contribution is -2.43. The van der Waals surface area contributed by atoms with E-state index >= 15 is 0 Å². The maximum absolute atomic E-state index is 9.82. The molecule has 16 heavy (non-hydrogen) atoms. The summed E-state index contributed by atoms with van der Waals surface area (Å²) < 4.78 is 1.86. The van der Waals surface area contributed by atoms with Crippen LogP contribution in [0.15, 0.2) is 12.4 Å². The van der Waals surface area contributed by atoms with Gasteiger partial charge in [0.15, 0.2) is 0 Å². The molecule has 5 nitrogen and oxygen atoms in total. The van der Waals surface area contributed by atoms with Gasteiger partial charge in [-0.1, -0.05) is 0 Å². The predicted molar refractivity (Wildman–Crippen MR) is 62.9 cm³/mol. The van der Waals surface area contributed by atoms with Crippen molar-refractivity contribution in [1.82, 2.24) is 14.7 Å². The van der Waals surface area contributed by atoms with E-state index in [1.165, 1.54) is 0 Å². The zero-order valence-corrected chi connectivity index (χ0v) is 9.76. The van der Waals surface area contributed by atoms with Crippen molar-refractivity contribution in [2.24, 2.45) is 0 Å². The first-order valence-corrected chi connectivity index (χ1v) is 5.78. The molecule has 2 rings (SSSR count). The predicted octanol–water partition coefficient (Wildman–Crippen LogP) is 0.312. The smallest absolute Gasteiger partial charge is 0.0719 e. The van der Waals surface area contributed by atoms with Crippen LogP contribution in [0.3, 0.4) is 0 Å². The Morgan fingerprint density at radius 1 is 1.44 bits per heavy atom. The van der Waals surface area contributed by atoms with Crippen LogP contribution in [-0.2, 0) is 6.54 Å². The number of likely N-dealkylation sites (tertiary alicyclic amines) is 1. The molecule has 0 amide bonds. The largest absolute Gasteiger partial charge is 0.396 e. The fraction of sp³-hybridized carbons (Fsp3) is 0.727. The highest BCUT2D eigenvalue weighted by atomic mass is 16.3. The quantitative estimate of drug-likeness (QED) is 0.775. The van der Waals surface area contributed by atoms with Gasteiger partial charge in [0, 0.05) is 25.8 Å². The summed E-state index contributed by atoms with van der Waals surface area (Å²) in [5.41, 5.74) is 5.84. The lowest BCUT2D eigenvalue weighted by Gasteiger charge is -2.35. The van der Waals surface area contributed by atoms with Gasteiger partial charge in [-0.25, -0.2) is 0 Å².